The number of benzene rings is 2. The van der Waals surface area contributed by atoms with Crippen LogP contribution in [0.5, 0.6) is 5.75 Å². The number of nitrogens with zero attached hydrogens (tertiary/aromatic N) is 3. The van der Waals surface area contributed by atoms with Gasteiger partial charge in [0.1, 0.15) is 11.6 Å². The highest BCUT2D eigenvalue weighted by Crippen LogP contribution is 2.29. The van der Waals surface area contributed by atoms with Gasteiger partial charge < -0.3 is 19.9 Å². The summed E-state index contributed by atoms with van der Waals surface area (Å²) in [6.45, 7) is 8.13. The van der Waals surface area contributed by atoms with Gasteiger partial charge in [-0.15, -0.1) is 0 Å². The van der Waals surface area contributed by atoms with Crippen molar-refractivity contribution < 1.29 is 14.3 Å². The molecule has 37 heavy (non-hydrogen) atoms. The first-order chi connectivity index (χ1) is 17.8. The van der Waals surface area contributed by atoms with E-state index in [-0.39, 0.29) is 17.9 Å². The molecule has 5 rings (SSSR count). The number of anilines is 2. The molecule has 0 saturated carbocycles. The van der Waals surface area contributed by atoms with E-state index in [1.54, 1.807) is 7.11 Å². The van der Waals surface area contributed by atoms with Gasteiger partial charge in [0.15, 0.2) is 5.78 Å². The summed E-state index contributed by atoms with van der Waals surface area (Å²) in [5.41, 5.74) is 6.08. The van der Waals surface area contributed by atoms with Crippen molar-refractivity contribution in [3.8, 4) is 5.75 Å². The Labute approximate surface area is 218 Å². The van der Waals surface area contributed by atoms with E-state index < -0.39 is 0 Å². The SMILES string of the molecule is COc1c(C)cc(C(=O)c2cc(C)nc(N3CCC(N4CCc5ccccc5NC4=O)CC3)c2)cc1C. The number of aromatic nitrogens is 1. The van der Waals surface area contributed by atoms with Crippen molar-refractivity contribution in [1.82, 2.24) is 9.88 Å². The minimum absolute atomic E-state index is 0.0173. The van der Waals surface area contributed by atoms with Crippen molar-refractivity contribution in [3.05, 3.63) is 82.0 Å². The Morgan fingerprint density at radius 3 is 2.35 bits per heavy atom. The van der Waals surface area contributed by atoms with Crippen LogP contribution in [-0.4, -0.2) is 54.5 Å². The number of nitrogens with one attached hydrogen (secondary N) is 1. The Bertz CT molecular complexity index is 1320. The van der Waals surface area contributed by atoms with Crippen LogP contribution in [0.3, 0.4) is 0 Å². The fourth-order valence-electron chi connectivity index (χ4n) is 5.66. The third-order valence-electron chi connectivity index (χ3n) is 7.50. The van der Waals surface area contributed by atoms with E-state index in [2.05, 4.69) is 16.3 Å². The zero-order chi connectivity index (χ0) is 26.1. The maximum Gasteiger partial charge on any atom is 0.322 e. The number of ether oxygens (including phenoxy) is 1. The smallest absolute Gasteiger partial charge is 0.322 e. The molecule has 2 aromatic carbocycles. The quantitative estimate of drug-likeness (QED) is 0.483. The lowest BCUT2D eigenvalue weighted by molar-refractivity contribution is 0.103. The number of urea groups is 1. The Balaban J connectivity index is 1.29. The number of methoxy groups -OCH3 is 1. The lowest BCUT2D eigenvalue weighted by Crippen LogP contribution is -2.49. The summed E-state index contributed by atoms with van der Waals surface area (Å²) in [5, 5.41) is 3.09. The number of carbonyl (C=O) groups is 2. The minimum Gasteiger partial charge on any atom is -0.496 e. The predicted octanol–water partition coefficient (Wildman–Crippen LogP) is 5.31. The number of pyridine rings is 1. The summed E-state index contributed by atoms with van der Waals surface area (Å²) >= 11 is 0. The van der Waals surface area contributed by atoms with Crippen molar-refractivity contribution in [2.75, 3.05) is 37.0 Å². The van der Waals surface area contributed by atoms with Gasteiger partial charge in [-0.25, -0.2) is 9.78 Å². The molecule has 1 aromatic heterocycles. The molecule has 0 aliphatic carbocycles. The number of rotatable bonds is 5. The minimum atomic E-state index is -0.0185. The molecular formula is C30H34N4O3. The van der Waals surface area contributed by atoms with E-state index in [1.165, 1.54) is 5.56 Å². The number of para-hydroxylation sites is 1. The molecule has 1 fully saturated rings. The highest BCUT2D eigenvalue weighted by Gasteiger charge is 2.30. The third kappa shape index (κ3) is 5.03. The molecule has 0 spiro atoms. The van der Waals surface area contributed by atoms with Crippen molar-refractivity contribution in [3.63, 3.8) is 0 Å². The maximum atomic E-state index is 13.4. The van der Waals surface area contributed by atoms with Crippen molar-refractivity contribution >= 4 is 23.3 Å². The van der Waals surface area contributed by atoms with Gasteiger partial charge in [0.05, 0.1) is 7.11 Å². The number of fused-ring (bicyclic) bond motifs is 1. The molecule has 7 heteroatoms. The van der Waals surface area contributed by atoms with Gasteiger partial charge in [0, 0.05) is 48.2 Å². The van der Waals surface area contributed by atoms with E-state index in [1.807, 2.05) is 68.1 Å². The Hall–Kier alpha value is -3.87. The second kappa shape index (κ2) is 10.2. The molecule has 3 heterocycles. The average Bonchev–Trinajstić information content (AvgIpc) is 3.06. The van der Waals surface area contributed by atoms with Gasteiger partial charge in [-0.1, -0.05) is 18.2 Å². The lowest BCUT2D eigenvalue weighted by atomic mass is 9.98. The molecule has 2 aliphatic heterocycles. The van der Waals surface area contributed by atoms with Crippen LogP contribution in [0.2, 0.25) is 0 Å². The van der Waals surface area contributed by atoms with Gasteiger partial charge in [0.2, 0.25) is 0 Å². The average molecular weight is 499 g/mol. The molecule has 192 valence electrons. The normalized spacial score (nSPS) is 16.2. The number of ketones is 1. The van der Waals surface area contributed by atoms with Crippen LogP contribution in [0.25, 0.3) is 0 Å². The van der Waals surface area contributed by atoms with Crippen LogP contribution in [0.1, 0.15) is 51.1 Å². The standard InChI is InChI=1S/C30H34N4O3/c1-19-15-23(16-20(2)29(19)37-4)28(35)24-17-21(3)31-27(18-24)33-12-10-25(11-13-33)34-14-9-22-7-5-6-8-26(22)32-30(34)36/h5-8,15-18,25H,9-14H2,1-4H3,(H,32,36). The number of aryl methyl sites for hydroxylation is 3. The Kier molecular flexibility index (Phi) is 6.87. The highest BCUT2D eigenvalue weighted by molar-refractivity contribution is 6.09. The molecule has 1 saturated heterocycles. The lowest BCUT2D eigenvalue weighted by Gasteiger charge is -2.38. The van der Waals surface area contributed by atoms with Crippen molar-refractivity contribution in [2.45, 2.75) is 46.1 Å². The molecular weight excluding hydrogens is 464 g/mol. The summed E-state index contributed by atoms with van der Waals surface area (Å²) < 4.78 is 5.46. The third-order valence-corrected chi connectivity index (χ3v) is 7.50. The van der Waals surface area contributed by atoms with Crippen LogP contribution < -0.4 is 15.0 Å². The van der Waals surface area contributed by atoms with E-state index in [0.717, 1.165) is 73.0 Å². The Morgan fingerprint density at radius 2 is 1.65 bits per heavy atom. The number of carbonyl (C=O) groups excluding carboxylic acids is 2. The van der Waals surface area contributed by atoms with E-state index >= 15 is 0 Å². The summed E-state index contributed by atoms with van der Waals surface area (Å²) in [7, 11) is 1.65. The zero-order valence-corrected chi connectivity index (χ0v) is 22.0. The molecule has 1 N–H and O–H groups in total. The number of hydrogen-bond donors (Lipinski definition) is 1. The predicted molar refractivity (Wildman–Crippen MR) is 146 cm³/mol. The topological polar surface area (TPSA) is 74.8 Å². The summed E-state index contributed by atoms with van der Waals surface area (Å²) in [6.07, 6.45) is 2.57. The maximum absolute atomic E-state index is 13.4. The van der Waals surface area contributed by atoms with Gasteiger partial charge in [0.25, 0.3) is 0 Å². The van der Waals surface area contributed by atoms with Crippen LogP contribution in [-0.2, 0) is 6.42 Å². The first-order valence-electron chi connectivity index (χ1n) is 12.9. The Morgan fingerprint density at radius 1 is 0.973 bits per heavy atom. The second-order valence-electron chi connectivity index (χ2n) is 10.1. The van der Waals surface area contributed by atoms with Crippen molar-refractivity contribution in [2.24, 2.45) is 0 Å². The van der Waals surface area contributed by atoms with E-state index in [0.29, 0.717) is 11.1 Å². The zero-order valence-electron chi connectivity index (χ0n) is 22.0. The van der Waals surface area contributed by atoms with Crippen LogP contribution in [0.4, 0.5) is 16.3 Å². The first kappa shape index (κ1) is 24.8. The highest BCUT2D eigenvalue weighted by atomic mass is 16.5. The molecule has 0 bridgehead atoms. The first-order valence-corrected chi connectivity index (χ1v) is 12.9. The van der Waals surface area contributed by atoms with Crippen LogP contribution >= 0.6 is 0 Å². The number of amides is 2. The second-order valence-corrected chi connectivity index (χ2v) is 10.1. The van der Waals surface area contributed by atoms with Gasteiger partial charge >= 0.3 is 6.03 Å². The van der Waals surface area contributed by atoms with Crippen LogP contribution in [0, 0.1) is 20.8 Å². The molecule has 7 nitrogen and oxygen atoms in total. The fraction of sp³-hybridized carbons (Fsp3) is 0.367. The summed E-state index contributed by atoms with van der Waals surface area (Å²) in [5.74, 6) is 1.61. The molecule has 2 amide bonds. The van der Waals surface area contributed by atoms with Crippen molar-refractivity contribution in [1.29, 1.82) is 0 Å². The van der Waals surface area contributed by atoms with Gasteiger partial charge in [-0.2, -0.15) is 0 Å². The fourth-order valence-corrected chi connectivity index (χ4v) is 5.66. The number of piperidine rings is 1. The molecule has 0 atom stereocenters. The monoisotopic (exact) mass is 498 g/mol. The summed E-state index contributed by atoms with van der Waals surface area (Å²) in [6, 6.07) is 15.7. The molecule has 3 aromatic rings. The van der Waals surface area contributed by atoms with Gasteiger partial charge in [-0.3, -0.25) is 4.79 Å². The molecule has 0 unspecified atom stereocenters. The van der Waals surface area contributed by atoms with Crippen LogP contribution in [0.15, 0.2) is 48.5 Å². The van der Waals surface area contributed by atoms with Gasteiger partial charge in [-0.05, 0) is 87.1 Å². The number of hydrogen-bond acceptors (Lipinski definition) is 5. The molecule has 2 aliphatic rings. The largest absolute Gasteiger partial charge is 0.496 e. The molecule has 0 radical (unpaired) electrons. The van der Waals surface area contributed by atoms with E-state index in [9.17, 15) is 9.59 Å². The summed E-state index contributed by atoms with van der Waals surface area (Å²) in [4.78, 5) is 35.4. The van der Waals surface area contributed by atoms with E-state index in [4.69, 9.17) is 9.72 Å².